The number of nitrogens with zero attached hydrogens (tertiary/aromatic N) is 2. The van der Waals surface area contributed by atoms with Crippen molar-refractivity contribution in [2.24, 2.45) is 0 Å². The quantitative estimate of drug-likeness (QED) is 0.239. The molecule has 0 fully saturated rings. The van der Waals surface area contributed by atoms with Crippen LogP contribution in [0, 0.1) is 11.3 Å². The topological polar surface area (TPSA) is 77.5 Å². The zero-order chi connectivity index (χ0) is 24.2. The van der Waals surface area contributed by atoms with E-state index in [4.69, 9.17) is 41.8 Å². The van der Waals surface area contributed by atoms with Gasteiger partial charge in [-0.05, 0) is 54.1 Å². The predicted molar refractivity (Wildman–Crippen MR) is 135 cm³/mol. The lowest BCUT2D eigenvalue weighted by Crippen LogP contribution is -1.95. The molecule has 0 aliphatic rings. The number of furan rings is 1. The Hall–Kier alpha value is -3.44. The monoisotopic (exact) mass is 512 g/mol. The first-order valence-electron chi connectivity index (χ1n) is 9.90. The maximum Gasteiger partial charge on any atom is 0.203 e. The lowest BCUT2D eigenvalue weighted by atomic mass is 10.1. The Bertz CT molecular complexity index is 1390. The molecule has 0 radical (unpaired) electrons. The van der Waals surface area contributed by atoms with Crippen molar-refractivity contribution < 1.29 is 18.6 Å². The van der Waals surface area contributed by atoms with Gasteiger partial charge in [0.25, 0.3) is 0 Å². The molecule has 2 aromatic carbocycles. The van der Waals surface area contributed by atoms with Crippen LogP contribution in [0.3, 0.4) is 0 Å². The van der Waals surface area contributed by atoms with Crippen LogP contribution >= 0.6 is 34.5 Å². The second-order valence-electron chi connectivity index (χ2n) is 6.95. The standard InChI is InChI=1S/C25H18Cl2N2O4S/c1-30-22-9-14(10-23(31-2)24(22)32-3)8-15(12-28)25-29-19(13-34-25)21-7-6-20(33-21)17-5-4-16(26)11-18(17)27/h4-11,13H,1-3H3/b15-8+. The van der Waals surface area contributed by atoms with Crippen LogP contribution in [0.5, 0.6) is 17.2 Å². The van der Waals surface area contributed by atoms with Gasteiger partial charge in [-0.1, -0.05) is 23.2 Å². The third-order valence-electron chi connectivity index (χ3n) is 4.91. The van der Waals surface area contributed by atoms with Crippen LogP contribution in [0.2, 0.25) is 10.0 Å². The number of halogens is 2. The van der Waals surface area contributed by atoms with Gasteiger partial charge in [-0.2, -0.15) is 5.26 Å². The van der Waals surface area contributed by atoms with E-state index in [0.29, 0.717) is 60.7 Å². The Balaban J connectivity index is 1.66. The van der Waals surface area contributed by atoms with Crippen molar-refractivity contribution in [3.8, 4) is 46.1 Å². The van der Waals surface area contributed by atoms with Crippen molar-refractivity contribution >= 4 is 46.2 Å². The number of methoxy groups -OCH3 is 3. The number of ether oxygens (including phenoxy) is 3. The molecule has 4 aromatic rings. The van der Waals surface area contributed by atoms with Crippen molar-refractivity contribution in [3.05, 3.63) is 68.5 Å². The molecule has 2 aromatic heterocycles. The number of allylic oxidation sites excluding steroid dienone is 1. The van der Waals surface area contributed by atoms with Crippen LogP contribution in [0.4, 0.5) is 0 Å². The van der Waals surface area contributed by atoms with Crippen LogP contribution in [-0.4, -0.2) is 26.3 Å². The lowest BCUT2D eigenvalue weighted by molar-refractivity contribution is 0.324. The van der Waals surface area contributed by atoms with Crippen molar-refractivity contribution in [1.29, 1.82) is 5.26 Å². The number of rotatable bonds is 7. The highest BCUT2D eigenvalue weighted by atomic mass is 35.5. The highest BCUT2D eigenvalue weighted by Gasteiger charge is 2.16. The van der Waals surface area contributed by atoms with Crippen molar-refractivity contribution in [2.45, 2.75) is 0 Å². The molecule has 2 heterocycles. The van der Waals surface area contributed by atoms with Gasteiger partial charge in [-0.25, -0.2) is 4.98 Å². The number of thiazole rings is 1. The summed E-state index contributed by atoms with van der Waals surface area (Å²) in [5.41, 5.74) is 2.44. The molecule has 34 heavy (non-hydrogen) atoms. The first-order chi connectivity index (χ1) is 16.5. The Morgan fingerprint density at radius 2 is 1.71 bits per heavy atom. The summed E-state index contributed by atoms with van der Waals surface area (Å²) in [5, 5.41) is 13.2. The Kier molecular flexibility index (Phi) is 7.13. The zero-order valence-electron chi connectivity index (χ0n) is 18.4. The third kappa shape index (κ3) is 4.75. The predicted octanol–water partition coefficient (Wildman–Crippen LogP) is 7.47. The molecular formula is C25H18Cl2N2O4S. The fourth-order valence-corrected chi connectivity index (χ4v) is 4.59. The average molecular weight is 513 g/mol. The van der Waals surface area contributed by atoms with E-state index in [1.165, 1.54) is 32.7 Å². The van der Waals surface area contributed by atoms with Crippen LogP contribution in [0.25, 0.3) is 34.4 Å². The molecule has 0 aliphatic heterocycles. The summed E-state index contributed by atoms with van der Waals surface area (Å²) in [6, 6.07) is 14.6. The van der Waals surface area contributed by atoms with E-state index in [2.05, 4.69) is 11.1 Å². The fraction of sp³-hybridized carbons (Fsp3) is 0.120. The number of benzene rings is 2. The van der Waals surface area contributed by atoms with Crippen LogP contribution in [-0.2, 0) is 0 Å². The van der Waals surface area contributed by atoms with E-state index in [1.54, 1.807) is 36.4 Å². The summed E-state index contributed by atoms with van der Waals surface area (Å²) in [4.78, 5) is 4.60. The third-order valence-corrected chi connectivity index (χ3v) is 6.33. The summed E-state index contributed by atoms with van der Waals surface area (Å²) in [5.74, 6) is 2.63. The smallest absolute Gasteiger partial charge is 0.203 e. The maximum atomic E-state index is 9.79. The molecule has 0 amide bonds. The normalized spacial score (nSPS) is 11.2. The molecule has 0 aliphatic carbocycles. The second kappa shape index (κ2) is 10.2. The zero-order valence-corrected chi connectivity index (χ0v) is 20.7. The van der Waals surface area contributed by atoms with Crippen LogP contribution in [0.1, 0.15) is 10.6 Å². The van der Waals surface area contributed by atoms with Gasteiger partial charge in [-0.3, -0.25) is 0 Å². The van der Waals surface area contributed by atoms with Gasteiger partial charge in [-0.15, -0.1) is 11.3 Å². The molecule has 0 spiro atoms. The summed E-state index contributed by atoms with van der Waals surface area (Å²) in [7, 11) is 4.62. The summed E-state index contributed by atoms with van der Waals surface area (Å²) < 4.78 is 22.1. The number of aromatic nitrogens is 1. The molecule has 6 nitrogen and oxygen atoms in total. The van der Waals surface area contributed by atoms with Gasteiger partial charge in [0, 0.05) is 16.0 Å². The summed E-state index contributed by atoms with van der Waals surface area (Å²) in [6.45, 7) is 0. The van der Waals surface area contributed by atoms with E-state index in [1.807, 2.05) is 17.5 Å². The van der Waals surface area contributed by atoms with Gasteiger partial charge in [0.15, 0.2) is 17.3 Å². The van der Waals surface area contributed by atoms with Crippen LogP contribution < -0.4 is 14.2 Å². The molecule has 0 saturated heterocycles. The van der Waals surface area contributed by atoms with Gasteiger partial charge in [0.05, 0.1) is 31.9 Å². The average Bonchev–Trinajstić information content (AvgIpc) is 3.52. The molecular weight excluding hydrogens is 495 g/mol. The van der Waals surface area contributed by atoms with E-state index in [9.17, 15) is 5.26 Å². The number of nitriles is 1. The van der Waals surface area contributed by atoms with Gasteiger partial charge in [0.2, 0.25) is 5.75 Å². The minimum absolute atomic E-state index is 0.387. The molecule has 172 valence electrons. The van der Waals surface area contributed by atoms with Crippen molar-refractivity contribution in [3.63, 3.8) is 0 Å². The largest absolute Gasteiger partial charge is 0.493 e. The minimum Gasteiger partial charge on any atom is -0.493 e. The molecule has 0 atom stereocenters. The Morgan fingerprint density at radius 3 is 2.32 bits per heavy atom. The summed E-state index contributed by atoms with van der Waals surface area (Å²) >= 11 is 13.6. The lowest BCUT2D eigenvalue weighted by Gasteiger charge is -2.13. The minimum atomic E-state index is 0.387. The van der Waals surface area contributed by atoms with E-state index in [-0.39, 0.29) is 0 Å². The molecule has 0 saturated carbocycles. The highest BCUT2D eigenvalue weighted by molar-refractivity contribution is 7.11. The molecule has 0 N–H and O–H groups in total. The van der Waals surface area contributed by atoms with Crippen LogP contribution in [0.15, 0.2) is 52.3 Å². The maximum absolute atomic E-state index is 9.79. The first kappa shape index (κ1) is 23.7. The summed E-state index contributed by atoms with van der Waals surface area (Å²) in [6.07, 6.45) is 1.72. The van der Waals surface area contributed by atoms with Crippen molar-refractivity contribution in [1.82, 2.24) is 4.98 Å². The molecule has 0 unspecified atom stereocenters. The SMILES string of the molecule is COc1cc(/C=C(\C#N)c2nc(-c3ccc(-c4ccc(Cl)cc4Cl)o3)cs2)cc(OC)c1OC. The van der Waals surface area contributed by atoms with Gasteiger partial charge >= 0.3 is 0 Å². The second-order valence-corrected chi connectivity index (χ2v) is 8.66. The first-order valence-corrected chi connectivity index (χ1v) is 11.5. The van der Waals surface area contributed by atoms with Crippen molar-refractivity contribution in [2.75, 3.05) is 21.3 Å². The highest BCUT2D eigenvalue weighted by Crippen LogP contribution is 2.40. The Labute approximate surface area is 210 Å². The number of hydrogen-bond acceptors (Lipinski definition) is 7. The van der Waals surface area contributed by atoms with Gasteiger partial charge in [0.1, 0.15) is 22.5 Å². The van der Waals surface area contributed by atoms with E-state index in [0.717, 1.165) is 5.56 Å². The Morgan fingerprint density at radius 1 is 1.00 bits per heavy atom. The van der Waals surface area contributed by atoms with Gasteiger partial charge < -0.3 is 18.6 Å². The van der Waals surface area contributed by atoms with E-state index < -0.39 is 0 Å². The number of hydrogen-bond donors (Lipinski definition) is 0. The van der Waals surface area contributed by atoms with E-state index >= 15 is 0 Å². The molecule has 9 heteroatoms. The molecule has 4 rings (SSSR count). The molecule has 0 bridgehead atoms. The fourth-order valence-electron chi connectivity index (χ4n) is 3.31.